The number of halogens is 1. The van der Waals surface area contributed by atoms with Crippen molar-refractivity contribution < 1.29 is 0 Å². The third-order valence-electron chi connectivity index (χ3n) is 2.38. The van der Waals surface area contributed by atoms with E-state index in [4.69, 9.17) is 11.6 Å². The molecule has 0 aliphatic heterocycles. The molecule has 0 spiro atoms. The molecule has 0 amide bonds. The Morgan fingerprint density at radius 3 is 2.24 bits per heavy atom. The predicted octanol–water partition coefficient (Wildman–Crippen LogP) is 3.99. The molecule has 0 saturated heterocycles. The fraction of sp³-hybridized carbons (Fsp3) is 0.308. The SMILES string of the molecule is CC(C)(C)n1sc(-c2ccc(Cl)cc2)cc1=O. The van der Waals surface area contributed by atoms with Crippen LogP contribution in [0, 0.1) is 0 Å². The first-order valence-corrected chi connectivity index (χ1v) is 6.53. The molecule has 0 aliphatic carbocycles. The minimum Gasteiger partial charge on any atom is -0.268 e. The molecule has 0 unspecified atom stereocenters. The Bertz CT molecular complexity index is 575. The van der Waals surface area contributed by atoms with Gasteiger partial charge in [0, 0.05) is 11.1 Å². The van der Waals surface area contributed by atoms with Crippen LogP contribution in [0.5, 0.6) is 0 Å². The highest BCUT2D eigenvalue weighted by atomic mass is 35.5. The Kier molecular flexibility index (Phi) is 3.15. The van der Waals surface area contributed by atoms with E-state index in [-0.39, 0.29) is 11.1 Å². The van der Waals surface area contributed by atoms with Crippen molar-refractivity contribution >= 4 is 23.1 Å². The summed E-state index contributed by atoms with van der Waals surface area (Å²) in [5.74, 6) is 0. The lowest BCUT2D eigenvalue weighted by atomic mass is 10.1. The quantitative estimate of drug-likeness (QED) is 0.766. The maximum atomic E-state index is 11.9. The summed E-state index contributed by atoms with van der Waals surface area (Å²) in [7, 11) is 0. The van der Waals surface area contributed by atoms with Gasteiger partial charge in [0.05, 0.1) is 10.4 Å². The van der Waals surface area contributed by atoms with Gasteiger partial charge in [-0.05, 0) is 38.5 Å². The van der Waals surface area contributed by atoms with Crippen molar-refractivity contribution in [3.63, 3.8) is 0 Å². The van der Waals surface area contributed by atoms with Crippen LogP contribution in [0.25, 0.3) is 10.4 Å². The van der Waals surface area contributed by atoms with E-state index < -0.39 is 0 Å². The van der Waals surface area contributed by atoms with Crippen molar-refractivity contribution in [1.82, 2.24) is 3.96 Å². The van der Waals surface area contributed by atoms with Crippen molar-refractivity contribution in [3.8, 4) is 10.4 Å². The first-order valence-electron chi connectivity index (χ1n) is 5.38. The molecule has 4 heteroatoms. The molecule has 0 radical (unpaired) electrons. The van der Waals surface area contributed by atoms with Crippen molar-refractivity contribution in [2.24, 2.45) is 0 Å². The number of rotatable bonds is 1. The van der Waals surface area contributed by atoms with Crippen LogP contribution < -0.4 is 5.56 Å². The van der Waals surface area contributed by atoms with E-state index in [0.717, 1.165) is 10.4 Å². The predicted molar refractivity (Wildman–Crippen MR) is 74.0 cm³/mol. The second kappa shape index (κ2) is 4.31. The standard InChI is InChI=1S/C13H14ClNOS/c1-13(2,3)15-12(16)8-11(17-15)9-4-6-10(14)7-5-9/h4-8H,1-3H3. The summed E-state index contributed by atoms with van der Waals surface area (Å²) in [6, 6.07) is 9.21. The van der Waals surface area contributed by atoms with Crippen LogP contribution in [0.2, 0.25) is 5.02 Å². The average Bonchev–Trinajstić information content (AvgIpc) is 2.61. The van der Waals surface area contributed by atoms with E-state index in [1.807, 2.05) is 45.0 Å². The number of hydrogen-bond donors (Lipinski definition) is 0. The molecule has 2 nitrogen and oxygen atoms in total. The van der Waals surface area contributed by atoms with Gasteiger partial charge in [-0.2, -0.15) is 0 Å². The first-order chi connectivity index (χ1) is 7.88. The van der Waals surface area contributed by atoms with Gasteiger partial charge in [0.1, 0.15) is 0 Å². The molecule has 17 heavy (non-hydrogen) atoms. The van der Waals surface area contributed by atoms with E-state index in [9.17, 15) is 4.79 Å². The summed E-state index contributed by atoms with van der Waals surface area (Å²) < 4.78 is 1.79. The van der Waals surface area contributed by atoms with Crippen LogP contribution in [0.1, 0.15) is 20.8 Å². The number of nitrogens with zero attached hydrogens (tertiary/aromatic N) is 1. The molecule has 0 N–H and O–H groups in total. The lowest BCUT2D eigenvalue weighted by molar-refractivity contribution is 0.419. The smallest absolute Gasteiger partial charge is 0.261 e. The van der Waals surface area contributed by atoms with E-state index in [1.54, 1.807) is 10.0 Å². The van der Waals surface area contributed by atoms with E-state index >= 15 is 0 Å². The summed E-state index contributed by atoms with van der Waals surface area (Å²) >= 11 is 7.33. The molecule has 0 aliphatic rings. The van der Waals surface area contributed by atoms with E-state index in [1.165, 1.54) is 11.5 Å². The zero-order valence-corrected chi connectivity index (χ0v) is 11.6. The fourth-order valence-electron chi connectivity index (χ4n) is 1.56. The third-order valence-corrected chi connectivity index (χ3v) is 4.09. The summed E-state index contributed by atoms with van der Waals surface area (Å²) in [5, 5.41) is 0.705. The minimum atomic E-state index is -0.174. The van der Waals surface area contributed by atoms with Gasteiger partial charge in [-0.1, -0.05) is 35.3 Å². The van der Waals surface area contributed by atoms with Crippen molar-refractivity contribution in [2.75, 3.05) is 0 Å². The molecule has 0 atom stereocenters. The van der Waals surface area contributed by atoms with Gasteiger partial charge in [0.15, 0.2) is 0 Å². The Morgan fingerprint density at radius 2 is 1.76 bits per heavy atom. The molecule has 1 aromatic heterocycles. The van der Waals surface area contributed by atoms with Crippen LogP contribution in [0.4, 0.5) is 0 Å². The zero-order valence-electron chi connectivity index (χ0n) is 10.0. The highest BCUT2D eigenvalue weighted by Crippen LogP contribution is 2.27. The monoisotopic (exact) mass is 267 g/mol. The van der Waals surface area contributed by atoms with Gasteiger partial charge < -0.3 is 0 Å². The van der Waals surface area contributed by atoms with Gasteiger partial charge in [0.25, 0.3) is 5.56 Å². The summed E-state index contributed by atoms with van der Waals surface area (Å²) in [6.07, 6.45) is 0. The number of aromatic nitrogens is 1. The average molecular weight is 268 g/mol. The Balaban J connectivity index is 2.49. The normalized spacial score (nSPS) is 11.8. The lowest BCUT2D eigenvalue weighted by Gasteiger charge is -2.18. The van der Waals surface area contributed by atoms with Gasteiger partial charge in [-0.15, -0.1) is 0 Å². The second-order valence-corrected chi connectivity index (χ2v) is 6.33. The van der Waals surface area contributed by atoms with Crippen molar-refractivity contribution in [3.05, 3.63) is 45.7 Å². The first kappa shape index (κ1) is 12.4. The number of hydrogen-bond acceptors (Lipinski definition) is 2. The molecule has 0 saturated carbocycles. The van der Waals surface area contributed by atoms with Crippen LogP contribution in [0.15, 0.2) is 35.1 Å². The van der Waals surface area contributed by atoms with Gasteiger partial charge in [-0.25, -0.2) is 0 Å². The molecule has 1 aromatic carbocycles. The summed E-state index contributed by atoms with van der Waals surface area (Å²) in [4.78, 5) is 12.8. The highest BCUT2D eigenvalue weighted by molar-refractivity contribution is 7.10. The van der Waals surface area contributed by atoms with Crippen LogP contribution >= 0.6 is 23.1 Å². The van der Waals surface area contributed by atoms with Crippen LogP contribution in [-0.2, 0) is 5.54 Å². The Labute approximate surface area is 110 Å². The topological polar surface area (TPSA) is 22.0 Å². The Hall–Kier alpha value is -1.06. The maximum Gasteiger partial charge on any atom is 0.261 e. The van der Waals surface area contributed by atoms with Crippen molar-refractivity contribution in [2.45, 2.75) is 26.3 Å². The maximum absolute atomic E-state index is 11.9. The minimum absolute atomic E-state index is 0.0486. The van der Waals surface area contributed by atoms with Crippen LogP contribution in [0.3, 0.4) is 0 Å². The van der Waals surface area contributed by atoms with Gasteiger partial charge in [0.2, 0.25) is 0 Å². The fourth-order valence-corrected chi connectivity index (χ4v) is 2.69. The molecule has 0 fully saturated rings. The van der Waals surface area contributed by atoms with Crippen molar-refractivity contribution in [1.29, 1.82) is 0 Å². The molecule has 1 heterocycles. The summed E-state index contributed by atoms with van der Waals surface area (Å²) in [5.41, 5.74) is 0.902. The second-order valence-electron chi connectivity index (χ2n) is 4.91. The van der Waals surface area contributed by atoms with E-state index in [0.29, 0.717) is 5.02 Å². The van der Waals surface area contributed by atoms with Gasteiger partial charge in [-0.3, -0.25) is 8.75 Å². The summed E-state index contributed by atoms with van der Waals surface area (Å²) in [6.45, 7) is 6.07. The number of benzene rings is 1. The third kappa shape index (κ3) is 2.61. The molecular formula is C13H14ClNOS. The highest BCUT2D eigenvalue weighted by Gasteiger charge is 2.17. The molecule has 90 valence electrons. The largest absolute Gasteiger partial charge is 0.268 e. The van der Waals surface area contributed by atoms with Gasteiger partial charge >= 0.3 is 0 Å². The van der Waals surface area contributed by atoms with Crippen LogP contribution in [-0.4, -0.2) is 3.96 Å². The molecule has 2 aromatic rings. The zero-order chi connectivity index (χ0) is 12.6. The molecule has 2 rings (SSSR count). The molecular weight excluding hydrogens is 254 g/mol. The molecule has 0 bridgehead atoms. The lowest BCUT2D eigenvalue weighted by Crippen LogP contribution is -2.28. The Morgan fingerprint density at radius 1 is 1.18 bits per heavy atom. The van der Waals surface area contributed by atoms with E-state index in [2.05, 4.69) is 0 Å².